The Morgan fingerprint density at radius 1 is 1.50 bits per heavy atom. The first kappa shape index (κ1) is 11.4. The molecular weight excluding hydrogens is 244 g/mol. The van der Waals surface area contributed by atoms with Crippen LogP contribution in [-0.2, 0) is 6.61 Å². The summed E-state index contributed by atoms with van der Waals surface area (Å²) in [5, 5.41) is 9.71. The number of Topliss-reactive ketones (excluding diaryl/α,β-unsaturated/α-hetero) is 1. The molecule has 2 nitrogen and oxygen atoms in total. The molecule has 0 unspecified atom stereocenters. The van der Waals surface area contributed by atoms with Crippen LogP contribution in [0.2, 0.25) is 0 Å². The molecule has 0 radical (unpaired) electrons. The van der Waals surface area contributed by atoms with Gasteiger partial charge in [0.05, 0.1) is 6.61 Å². The van der Waals surface area contributed by atoms with E-state index in [1.807, 2.05) is 13.0 Å². The normalized spacial score (nSPS) is 10.2. The lowest BCUT2D eigenvalue weighted by atomic mass is 10.0. The van der Waals surface area contributed by atoms with Gasteiger partial charge in [0.2, 0.25) is 0 Å². The molecule has 14 heavy (non-hydrogen) atoms. The fourth-order valence-electron chi connectivity index (χ4n) is 1.25. The Bertz CT molecular complexity index is 334. The number of carbonyl (C=O) groups excluding carboxylic acids is 1. The third-order valence-corrected chi connectivity index (χ3v) is 2.56. The maximum atomic E-state index is 11.5. The van der Waals surface area contributed by atoms with E-state index < -0.39 is 0 Å². The van der Waals surface area contributed by atoms with Crippen molar-refractivity contribution < 1.29 is 9.90 Å². The number of aliphatic hydroxyl groups is 1. The van der Waals surface area contributed by atoms with Gasteiger partial charge in [0.15, 0.2) is 5.78 Å². The fourth-order valence-corrected chi connectivity index (χ4v) is 1.61. The summed E-state index contributed by atoms with van der Waals surface area (Å²) in [6.45, 7) is 1.91. The van der Waals surface area contributed by atoms with Gasteiger partial charge < -0.3 is 5.11 Å². The van der Waals surface area contributed by atoms with Crippen LogP contribution in [0.25, 0.3) is 0 Å². The van der Waals surface area contributed by atoms with Crippen molar-refractivity contribution in [2.24, 2.45) is 0 Å². The topological polar surface area (TPSA) is 37.3 Å². The third kappa shape index (κ3) is 2.66. The van der Waals surface area contributed by atoms with Crippen molar-refractivity contribution in [2.75, 3.05) is 5.33 Å². The average molecular weight is 257 g/mol. The van der Waals surface area contributed by atoms with E-state index in [2.05, 4.69) is 15.9 Å². The number of alkyl halides is 1. The smallest absolute Gasteiger partial charge is 0.163 e. The van der Waals surface area contributed by atoms with E-state index in [0.29, 0.717) is 17.3 Å². The van der Waals surface area contributed by atoms with E-state index in [-0.39, 0.29) is 12.4 Å². The Kier molecular flexibility index (Phi) is 4.29. The minimum atomic E-state index is -0.0126. The molecule has 0 saturated carbocycles. The number of hydrogen-bond acceptors (Lipinski definition) is 2. The zero-order chi connectivity index (χ0) is 10.6. The lowest BCUT2D eigenvalue weighted by Gasteiger charge is -2.05. The lowest BCUT2D eigenvalue weighted by molar-refractivity contribution is 0.0989. The van der Waals surface area contributed by atoms with Gasteiger partial charge in [-0.2, -0.15) is 0 Å². The van der Waals surface area contributed by atoms with Crippen molar-refractivity contribution in [1.82, 2.24) is 0 Å². The molecule has 0 heterocycles. The Hall–Kier alpha value is -0.670. The molecule has 0 amide bonds. The number of aryl methyl sites for hydroxylation is 1. The first-order chi connectivity index (χ1) is 6.69. The van der Waals surface area contributed by atoms with E-state index in [1.54, 1.807) is 12.1 Å². The standard InChI is InChI=1S/C11H13BrO2/c1-8-2-3-9(6-10(8)7-13)11(14)4-5-12/h2-3,6,13H,4-5,7H2,1H3. The van der Waals surface area contributed by atoms with E-state index in [4.69, 9.17) is 5.11 Å². The Morgan fingerprint density at radius 2 is 2.21 bits per heavy atom. The first-order valence-electron chi connectivity index (χ1n) is 4.48. The van der Waals surface area contributed by atoms with Crippen molar-refractivity contribution in [1.29, 1.82) is 0 Å². The molecule has 0 spiro atoms. The van der Waals surface area contributed by atoms with E-state index in [9.17, 15) is 4.79 Å². The highest BCUT2D eigenvalue weighted by molar-refractivity contribution is 9.09. The highest BCUT2D eigenvalue weighted by atomic mass is 79.9. The SMILES string of the molecule is Cc1ccc(C(=O)CCBr)cc1CO. The van der Waals surface area contributed by atoms with Crippen molar-refractivity contribution in [3.05, 3.63) is 34.9 Å². The summed E-state index contributed by atoms with van der Waals surface area (Å²) in [7, 11) is 0. The van der Waals surface area contributed by atoms with E-state index in [1.165, 1.54) is 0 Å². The van der Waals surface area contributed by atoms with Crippen LogP contribution in [-0.4, -0.2) is 16.2 Å². The number of hydrogen-bond donors (Lipinski definition) is 1. The summed E-state index contributed by atoms with van der Waals surface area (Å²) in [6, 6.07) is 5.44. The lowest BCUT2D eigenvalue weighted by Crippen LogP contribution is -2.01. The molecule has 1 N–H and O–H groups in total. The predicted octanol–water partition coefficient (Wildman–Crippen LogP) is 2.46. The van der Waals surface area contributed by atoms with Crippen LogP contribution < -0.4 is 0 Å². The van der Waals surface area contributed by atoms with Gasteiger partial charge in [-0.3, -0.25) is 4.79 Å². The summed E-state index contributed by atoms with van der Waals surface area (Å²) in [6.07, 6.45) is 0.494. The molecule has 0 aliphatic carbocycles. The van der Waals surface area contributed by atoms with Crippen molar-refractivity contribution in [3.63, 3.8) is 0 Å². The summed E-state index contributed by atoms with van der Waals surface area (Å²) >= 11 is 3.23. The molecule has 76 valence electrons. The molecule has 0 saturated heterocycles. The highest BCUT2D eigenvalue weighted by Crippen LogP contribution is 2.13. The molecule has 0 aliphatic heterocycles. The summed E-state index contributed by atoms with van der Waals surface area (Å²) < 4.78 is 0. The zero-order valence-corrected chi connectivity index (χ0v) is 9.67. The van der Waals surface area contributed by atoms with Gasteiger partial charge in [-0.15, -0.1) is 0 Å². The van der Waals surface area contributed by atoms with Crippen molar-refractivity contribution in [2.45, 2.75) is 20.0 Å². The van der Waals surface area contributed by atoms with Crippen LogP contribution in [0.3, 0.4) is 0 Å². The fraction of sp³-hybridized carbons (Fsp3) is 0.364. The first-order valence-corrected chi connectivity index (χ1v) is 5.60. The van der Waals surface area contributed by atoms with Gasteiger partial charge in [0, 0.05) is 17.3 Å². The van der Waals surface area contributed by atoms with E-state index in [0.717, 1.165) is 11.1 Å². The van der Waals surface area contributed by atoms with Crippen LogP contribution in [0.1, 0.15) is 27.9 Å². The number of halogens is 1. The maximum absolute atomic E-state index is 11.5. The van der Waals surface area contributed by atoms with Crippen LogP contribution in [0.15, 0.2) is 18.2 Å². The van der Waals surface area contributed by atoms with E-state index >= 15 is 0 Å². The molecule has 1 aromatic rings. The van der Waals surface area contributed by atoms with Gasteiger partial charge >= 0.3 is 0 Å². The second-order valence-corrected chi connectivity index (χ2v) is 3.95. The van der Waals surface area contributed by atoms with Gasteiger partial charge in [-0.1, -0.05) is 28.1 Å². The van der Waals surface area contributed by atoms with Crippen LogP contribution >= 0.6 is 15.9 Å². The predicted molar refractivity (Wildman–Crippen MR) is 59.8 cm³/mol. The number of carbonyl (C=O) groups is 1. The molecule has 1 rings (SSSR count). The molecular formula is C11H13BrO2. The minimum absolute atomic E-state index is 0.0126. The Morgan fingerprint density at radius 3 is 2.79 bits per heavy atom. The number of aliphatic hydroxyl groups excluding tert-OH is 1. The van der Waals surface area contributed by atoms with Crippen molar-refractivity contribution in [3.8, 4) is 0 Å². The monoisotopic (exact) mass is 256 g/mol. The van der Waals surface area contributed by atoms with Crippen LogP contribution in [0.5, 0.6) is 0 Å². The second kappa shape index (κ2) is 5.27. The zero-order valence-electron chi connectivity index (χ0n) is 8.09. The molecule has 0 bridgehead atoms. The number of ketones is 1. The largest absolute Gasteiger partial charge is 0.392 e. The average Bonchev–Trinajstić information content (AvgIpc) is 2.19. The maximum Gasteiger partial charge on any atom is 0.163 e. The third-order valence-electron chi connectivity index (χ3n) is 2.16. The molecule has 0 aromatic heterocycles. The quantitative estimate of drug-likeness (QED) is 0.664. The minimum Gasteiger partial charge on any atom is -0.392 e. The number of rotatable bonds is 4. The highest BCUT2D eigenvalue weighted by Gasteiger charge is 2.06. The molecule has 0 atom stereocenters. The summed E-state index contributed by atoms with van der Waals surface area (Å²) in [5.41, 5.74) is 2.52. The summed E-state index contributed by atoms with van der Waals surface area (Å²) in [4.78, 5) is 11.5. The molecule has 3 heteroatoms. The molecule has 1 aromatic carbocycles. The molecule has 0 fully saturated rings. The second-order valence-electron chi connectivity index (χ2n) is 3.16. The van der Waals surface area contributed by atoms with Gasteiger partial charge in [-0.05, 0) is 24.1 Å². The number of benzene rings is 1. The Balaban J connectivity index is 2.94. The van der Waals surface area contributed by atoms with Crippen LogP contribution in [0, 0.1) is 6.92 Å². The van der Waals surface area contributed by atoms with Gasteiger partial charge in [0.1, 0.15) is 0 Å². The Labute approximate surface area is 92.1 Å². The van der Waals surface area contributed by atoms with Gasteiger partial charge in [0.25, 0.3) is 0 Å². The van der Waals surface area contributed by atoms with Crippen molar-refractivity contribution >= 4 is 21.7 Å². The molecule has 0 aliphatic rings. The van der Waals surface area contributed by atoms with Crippen LogP contribution in [0.4, 0.5) is 0 Å². The summed E-state index contributed by atoms with van der Waals surface area (Å²) in [5.74, 6) is 0.108. The van der Waals surface area contributed by atoms with Gasteiger partial charge in [-0.25, -0.2) is 0 Å².